The van der Waals surface area contributed by atoms with Crippen LogP contribution in [-0.2, 0) is 4.74 Å². The van der Waals surface area contributed by atoms with Crippen LogP contribution in [0.5, 0.6) is 0 Å². The number of halogens is 1. The summed E-state index contributed by atoms with van der Waals surface area (Å²) in [6.45, 7) is 2.70. The van der Waals surface area contributed by atoms with Gasteiger partial charge in [0.2, 0.25) is 0 Å². The highest BCUT2D eigenvalue weighted by Gasteiger charge is 2.29. The largest absolute Gasteiger partial charge is 0.380 e. The molecule has 1 fully saturated rings. The Balaban J connectivity index is 1.69. The van der Waals surface area contributed by atoms with Crippen LogP contribution in [0.3, 0.4) is 0 Å². The van der Waals surface area contributed by atoms with Crippen LogP contribution in [0.25, 0.3) is 5.69 Å². The lowest BCUT2D eigenvalue weighted by molar-refractivity contribution is 0.00293. The molecule has 7 heteroatoms. The zero-order valence-electron chi connectivity index (χ0n) is 11.2. The van der Waals surface area contributed by atoms with E-state index in [0.717, 1.165) is 25.1 Å². The first-order chi connectivity index (χ1) is 9.76. The van der Waals surface area contributed by atoms with Crippen molar-refractivity contribution in [2.24, 2.45) is 0 Å². The third kappa shape index (κ3) is 2.62. The van der Waals surface area contributed by atoms with Gasteiger partial charge in [-0.25, -0.2) is 9.07 Å². The average molecular weight is 277 g/mol. The van der Waals surface area contributed by atoms with Crippen molar-refractivity contribution in [1.29, 1.82) is 0 Å². The maximum absolute atomic E-state index is 13.8. The number of nitrogens with one attached hydrogen (secondary N) is 1. The fourth-order valence-corrected chi connectivity index (χ4v) is 2.32. The van der Waals surface area contributed by atoms with Gasteiger partial charge in [-0.1, -0.05) is 0 Å². The standard InChI is InChI=1S/C13H16FN5O/c1-2-20-11-5-9(6-11)16-13-7-10(3-4-12(13)14)19-8-15-17-18-19/h3-4,7-9,11,16H,2,5-6H2,1H3. The molecule has 106 valence electrons. The lowest BCUT2D eigenvalue weighted by Gasteiger charge is -2.36. The summed E-state index contributed by atoms with van der Waals surface area (Å²) in [5, 5.41) is 14.1. The van der Waals surface area contributed by atoms with Gasteiger partial charge < -0.3 is 10.1 Å². The van der Waals surface area contributed by atoms with E-state index in [1.54, 1.807) is 12.1 Å². The number of benzene rings is 1. The first-order valence-corrected chi connectivity index (χ1v) is 6.67. The molecule has 1 aromatic carbocycles. The van der Waals surface area contributed by atoms with E-state index in [1.165, 1.54) is 17.1 Å². The fraction of sp³-hybridized carbons (Fsp3) is 0.462. The molecule has 2 aromatic rings. The molecule has 1 aliphatic rings. The molecular formula is C13H16FN5O. The van der Waals surface area contributed by atoms with Crippen LogP contribution in [0.4, 0.5) is 10.1 Å². The van der Waals surface area contributed by atoms with Gasteiger partial charge in [-0.15, -0.1) is 5.10 Å². The molecule has 0 aliphatic heterocycles. The first kappa shape index (κ1) is 13.0. The van der Waals surface area contributed by atoms with E-state index in [2.05, 4.69) is 20.8 Å². The smallest absolute Gasteiger partial charge is 0.146 e. The van der Waals surface area contributed by atoms with Gasteiger partial charge in [-0.2, -0.15) is 0 Å². The minimum Gasteiger partial charge on any atom is -0.380 e. The molecule has 0 atom stereocenters. The van der Waals surface area contributed by atoms with E-state index in [1.807, 2.05) is 6.92 Å². The van der Waals surface area contributed by atoms with Crippen molar-refractivity contribution < 1.29 is 9.13 Å². The minimum atomic E-state index is -0.276. The Bertz CT molecular complexity index is 568. The number of aromatic nitrogens is 4. The van der Waals surface area contributed by atoms with Crippen molar-refractivity contribution >= 4 is 5.69 Å². The summed E-state index contributed by atoms with van der Waals surface area (Å²) in [7, 11) is 0. The molecule has 3 rings (SSSR count). The number of hydrogen-bond acceptors (Lipinski definition) is 5. The zero-order chi connectivity index (χ0) is 13.9. The van der Waals surface area contributed by atoms with E-state index in [9.17, 15) is 4.39 Å². The monoisotopic (exact) mass is 277 g/mol. The predicted octanol–water partition coefficient (Wildman–Crippen LogP) is 1.78. The first-order valence-electron chi connectivity index (χ1n) is 6.67. The Morgan fingerprint density at radius 3 is 3.00 bits per heavy atom. The van der Waals surface area contributed by atoms with Crippen LogP contribution in [0.15, 0.2) is 24.5 Å². The van der Waals surface area contributed by atoms with Gasteiger partial charge in [-0.05, 0) is 48.4 Å². The Hall–Kier alpha value is -2.02. The highest BCUT2D eigenvalue weighted by atomic mass is 19.1. The highest BCUT2D eigenvalue weighted by Crippen LogP contribution is 2.28. The molecule has 6 nitrogen and oxygen atoms in total. The van der Waals surface area contributed by atoms with Gasteiger partial charge in [0.05, 0.1) is 17.5 Å². The summed E-state index contributed by atoms with van der Waals surface area (Å²) in [5.74, 6) is -0.276. The van der Waals surface area contributed by atoms with E-state index in [4.69, 9.17) is 4.74 Å². The Morgan fingerprint density at radius 2 is 2.30 bits per heavy atom. The zero-order valence-corrected chi connectivity index (χ0v) is 11.2. The van der Waals surface area contributed by atoms with Gasteiger partial charge in [0.25, 0.3) is 0 Å². The third-order valence-electron chi connectivity index (χ3n) is 3.42. The molecule has 20 heavy (non-hydrogen) atoms. The molecule has 1 saturated carbocycles. The van der Waals surface area contributed by atoms with Crippen LogP contribution in [0.2, 0.25) is 0 Å². The third-order valence-corrected chi connectivity index (χ3v) is 3.42. The van der Waals surface area contributed by atoms with Crippen molar-refractivity contribution in [3.8, 4) is 5.69 Å². The second-order valence-corrected chi connectivity index (χ2v) is 4.81. The number of anilines is 1. The molecule has 1 heterocycles. The molecule has 1 aromatic heterocycles. The van der Waals surface area contributed by atoms with Crippen molar-refractivity contribution in [2.75, 3.05) is 11.9 Å². The Labute approximate surface area is 115 Å². The number of tetrazole rings is 1. The topological polar surface area (TPSA) is 64.9 Å². The average Bonchev–Trinajstić information content (AvgIpc) is 2.92. The van der Waals surface area contributed by atoms with E-state index in [0.29, 0.717) is 11.8 Å². The van der Waals surface area contributed by atoms with Gasteiger partial charge in [0, 0.05) is 12.6 Å². The summed E-state index contributed by atoms with van der Waals surface area (Å²) in [5.41, 5.74) is 1.19. The molecule has 0 unspecified atom stereocenters. The van der Waals surface area contributed by atoms with Gasteiger partial charge in [-0.3, -0.25) is 0 Å². The lowest BCUT2D eigenvalue weighted by atomic mass is 9.89. The summed E-state index contributed by atoms with van der Waals surface area (Å²) in [6, 6.07) is 5.02. The van der Waals surface area contributed by atoms with Gasteiger partial charge in [0.15, 0.2) is 0 Å². The molecule has 0 amide bonds. The van der Waals surface area contributed by atoms with Crippen molar-refractivity contribution in [3.05, 3.63) is 30.3 Å². The quantitative estimate of drug-likeness (QED) is 0.902. The second-order valence-electron chi connectivity index (χ2n) is 4.81. The molecule has 0 spiro atoms. The number of hydrogen-bond donors (Lipinski definition) is 1. The van der Waals surface area contributed by atoms with Crippen LogP contribution >= 0.6 is 0 Å². The molecule has 0 radical (unpaired) electrons. The number of nitrogens with zero attached hydrogens (tertiary/aromatic N) is 4. The summed E-state index contributed by atoms with van der Waals surface area (Å²) < 4.78 is 20.8. The molecule has 1 N–H and O–H groups in total. The number of ether oxygens (including phenoxy) is 1. The Morgan fingerprint density at radius 1 is 1.45 bits per heavy atom. The normalized spacial score (nSPS) is 21.5. The predicted molar refractivity (Wildman–Crippen MR) is 71.2 cm³/mol. The molecule has 1 aliphatic carbocycles. The maximum Gasteiger partial charge on any atom is 0.146 e. The Kier molecular flexibility index (Phi) is 3.60. The molecular weight excluding hydrogens is 261 g/mol. The van der Waals surface area contributed by atoms with E-state index >= 15 is 0 Å². The highest BCUT2D eigenvalue weighted by molar-refractivity contribution is 5.52. The van der Waals surface area contributed by atoms with Crippen LogP contribution in [0.1, 0.15) is 19.8 Å². The molecule has 0 bridgehead atoms. The summed E-state index contributed by atoms with van der Waals surface area (Å²) in [6.07, 6.45) is 3.58. The van der Waals surface area contributed by atoms with Crippen molar-refractivity contribution in [3.63, 3.8) is 0 Å². The van der Waals surface area contributed by atoms with E-state index in [-0.39, 0.29) is 11.9 Å². The van der Waals surface area contributed by atoms with E-state index < -0.39 is 0 Å². The second kappa shape index (κ2) is 5.54. The van der Waals surface area contributed by atoms with Gasteiger partial charge in [0.1, 0.15) is 12.1 Å². The fourth-order valence-electron chi connectivity index (χ4n) is 2.32. The van der Waals surface area contributed by atoms with Crippen molar-refractivity contribution in [1.82, 2.24) is 20.2 Å². The minimum absolute atomic E-state index is 0.255. The molecule has 0 saturated heterocycles. The summed E-state index contributed by atoms with van der Waals surface area (Å²) in [4.78, 5) is 0. The van der Waals surface area contributed by atoms with Crippen LogP contribution in [0, 0.1) is 5.82 Å². The number of rotatable bonds is 5. The van der Waals surface area contributed by atoms with Crippen LogP contribution in [-0.4, -0.2) is 39.0 Å². The lowest BCUT2D eigenvalue weighted by Crippen LogP contribution is -2.41. The van der Waals surface area contributed by atoms with Gasteiger partial charge >= 0.3 is 0 Å². The van der Waals surface area contributed by atoms with Crippen molar-refractivity contribution in [2.45, 2.75) is 31.9 Å². The summed E-state index contributed by atoms with van der Waals surface area (Å²) >= 11 is 0. The maximum atomic E-state index is 13.8. The van der Waals surface area contributed by atoms with Crippen LogP contribution < -0.4 is 5.32 Å². The SMILES string of the molecule is CCOC1CC(Nc2cc(-n3cnnn3)ccc2F)C1.